The monoisotopic (exact) mass is 314 g/mol. The van der Waals surface area contributed by atoms with E-state index in [0.29, 0.717) is 10.9 Å². The third kappa shape index (κ3) is 2.78. The molecular weight excluding hydrogens is 300 g/mol. The Morgan fingerprint density at radius 3 is 3.00 bits per heavy atom. The number of aliphatic imine (C=N–C) groups is 2. The molecule has 1 aliphatic rings. The summed E-state index contributed by atoms with van der Waals surface area (Å²) in [6.45, 7) is 3.84. The van der Waals surface area contributed by atoms with Gasteiger partial charge in [0.1, 0.15) is 5.84 Å². The molecule has 1 aliphatic heterocycles. The summed E-state index contributed by atoms with van der Waals surface area (Å²) in [5.41, 5.74) is 8.37. The Hall–Kier alpha value is -2.47. The fourth-order valence-electron chi connectivity index (χ4n) is 2.18. The van der Waals surface area contributed by atoms with Gasteiger partial charge in [-0.1, -0.05) is 24.6 Å². The Kier molecular flexibility index (Phi) is 3.77. The van der Waals surface area contributed by atoms with Crippen LogP contribution in [-0.2, 0) is 0 Å². The fourth-order valence-corrected chi connectivity index (χ4v) is 2.29. The smallest absolute Gasteiger partial charge is 0.238 e. The summed E-state index contributed by atoms with van der Waals surface area (Å²) >= 11 is 6.26. The van der Waals surface area contributed by atoms with Gasteiger partial charge in [-0.2, -0.15) is 0 Å². The minimum Gasteiger partial charge on any atom is -0.367 e. The number of fused-ring (bicyclic) bond motifs is 1. The third-order valence-corrected chi connectivity index (χ3v) is 3.82. The maximum Gasteiger partial charge on any atom is 0.238 e. The molecule has 7 heteroatoms. The molecule has 0 saturated carbocycles. The van der Waals surface area contributed by atoms with Crippen molar-refractivity contribution in [2.75, 3.05) is 5.73 Å². The van der Waals surface area contributed by atoms with Crippen LogP contribution in [0.5, 0.6) is 0 Å². The van der Waals surface area contributed by atoms with Gasteiger partial charge in [-0.25, -0.2) is 19.5 Å². The summed E-state index contributed by atoms with van der Waals surface area (Å²) in [6, 6.07) is 1.95. The van der Waals surface area contributed by atoms with Gasteiger partial charge in [-0.3, -0.25) is 0 Å². The van der Waals surface area contributed by atoms with Crippen LogP contribution in [0.3, 0.4) is 0 Å². The normalized spacial score (nSPS) is 23.8. The quantitative estimate of drug-likeness (QED) is 0.878. The average molecular weight is 315 g/mol. The third-order valence-electron chi connectivity index (χ3n) is 3.38. The highest BCUT2D eigenvalue weighted by atomic mass is 35.5. The summed E-state index contributed by atoms with van der Waals surface area (Å²) in [4.78, 5) is 12.6. The highest BCUT2D eigenvalue weighted by Crippen LogP contribution is 2.25. The van der Waals surface area contributed by atoms with Gasteiger partial charge >= 0.3 is 0 Å². The Bertz CT molecular complexity index is 843. The van der Waals surface area contributed by atoms with Crippen LogP contribution in [0.25, 0.3) is 11.1 Å². The first-order chi connectivity index (χ1) is 10.5. The molecule has 2 N–H and O–H groups in total. The highest BCUT2D eigenvalue weighted by Gasteiger charge is 2.12. The standard InChI is InChI=1S/C15H15ClN6/c1-9-5-11(6-18-10(2)19-7-13(9)16)12-3-4-22-14(12)8-20-15(17)21-22/h3-9H,1-2H3,(H2,17,21)/b11-5+,13-7+,18-6?,19-10?/t9-/m1/s1. The summed E-state index contributed by atoms with van der Waals surface area (Å²) in [5.74, 6) is 0.902. The number of rotatable bonds is 1. The number of hydrogen-bond acceptors (Lipinski definition) is 5. The molecule has 2 aromatic rings. The molecule has 6 nitrogen and oxygen atoms in total. The number of nitrogens with two attached hydrogens (primary N) is 1. The molecule has 3 rings (SSSR count). The van der Waals surface area contributed by atoms with Crippen molar-refractivity contribution in [3.63, 3.8) is 0 Å². The van der Waals surface area contributed by atoms with Crippen molar-refractivity contribution in [3.8, 4) is 0 Å². The zero-order valence-electron chi connectivity index (χ0n) is 12.2. The van der Waals surface area contributed by atoms with E-state index in [1.165, 1.54) is 0 Å². The summed E-state index contributed by atoms with van der Waals surface area (Å²) in [5, 5.41) is 4.81. The van der Waals surface area contributed by atoms with Gasteiger partial charge in [0.2, 0.25) is 5.95 Å². The van der Waals surface area contributed by atoms with Gasteiger partial charge in [-0.05, 0) is 18.6 Å². The molecule has 3 heterocycles. The van der Waals surface area contributed by atoms with Crippen LogP contribution in [0.1, 0.15) is 19.4 Å². The van der Waals surface area contributed by atoms with Crippen molar-refractivity contribution in [3.05, 3.63) is 41.3 Å². The molecule has 0 radical (unpaired) electrons. The molecule has 0 unspecified atom stereocenters. The van der Waals surface area contributed by atoms with E-state index in [2.05, 4.69) is 20.1 Å². The van der Waals surface area contributed by atoms with Crippen LogP contribution in [0.2, 0.25) is 0 Å². The van der Waals surface area contributed by atoms with Crippen molar-refractivity contribution >= 4 is 40.7 Å². The number of hydrogen-bond donors (Lipinski definition) is 1. The maximum atomic E-state index is 6.26. The fraction of sp³-hybridized carbons (Fsp3) is 0.200. The number of amidine groups is 1. The number of nitrogens with zero attached hydrogens (tertiary/aromatic N) is 5. The predicted octanol–water partition coefficient (Wildman–Crippen LogP) is 2.91. The molecule has 1 atom stereocenters. The van der Waals surface area contributed by atoms with Gasteiger partial charge in [0.25, 0.3) is 0 Å². The Morgan fingerprint density at radius 2 is 2.18 bits per heavy atom. The summed E-state index contributed by atoms with van der Waals surface area (Å²) in [6.07, 6.45) is 9.00. The van der Waals surface area contributed by atoms with Crippen molar-refractivity contribution in [2.24, 2.45) is 15.9 Å². The van der Waals surface area contributed by atoms with E-state index in [1.807, 2.05) is 32.2 Å². The Morgan fingerprint density at radius 1 is 1.36 bits per heavy atom. The van der Waals surface area contributed by atoms with E-state index < -0.39 is 0 Å². The number of nitrogen functional groups attached to an aromatic ring is 1. The largest absolute Gasteiger partial charge is 0.367 e. The zero-order chi connectivity index (χ0) is 15.7. The molecule has 22 heavy (non-hydrogen) atoms. The molecule has 0 fully saturated rings. The molecule has 0 aromatic carbocycles. The lowest BCUT2D eigenvalue weighted by Crippen LogP contribution is -2.00. The second-order valence-electron chi connectivity index (χ2n) is 5.03. The van der Waals surface area contributed by atoms with Gasteiger partial charge in [0, 0.05) is 35.1 Å². The molecule has 0 amide bonds. The van der Waals surface area contributed by atoms with Crippen molar-refractivity contribution in [1.29, 1.82) is 0 Å². The van der Waals surface area contributed by atoms with Gasteiger partial charge in [0.05, 0.1) is 11.7 Å². The molecule has 2 aromatic heterocycles. The predicted molar refractivity (Wildman–Crippen MR) is 90.1 cm³/mol. The number of allylic oxidation sites excluding steroid dienone is 3. The molecule has 112 valence electrons. The average Bonchev–Trinajstić information content (AvgIpc) is 2.92. The second kappa shape index (κ2) is 5.73. The first kappa shape index (κ1) is 14.5. The lowest BCUT2D eigenvalue weighted by atomic mass is 10.0. The van der Waals surface area contributed by atoms with Gasteiger partial charge in [0.15, 0.2) is 0 Å². The molecular formula is C15H15ClN6. The molecule has 0 spiro atoms. The topological polar surface area (TPSA) is 80.9 Å². The first-order valence-corrected chi connectivity index (χ1v) is 7.18. The van der Waals surface area contributed by atoms with Crippen LogP contribution in [0, 0.1) is 5.92 Å². The van der Waals surface area contributed by atoms with E-state index in [9.17, 15) is 0 Å². The van der Waals surface area contributed by atoms with E-state index in [4.69, 9.17) is 17.3 Å². The molecule has 0 aliphatic carbocycles. The van der Waals surface area contributed by atoms with Crippen LogP contribution < -0.4 is 5.73 Å². The number of anilines is 1. The van der Waals surface area contributed by atoms with Gasteiger partial charge < -0.3 is 5.73 Å². The minimum atomic E-state index is 0.0300. The number of aromatic nitrogens is 3. The van der Waals surface area contributed by atoms with E-state index in [0.717, 1.165) is 16.7 Å². The van der Waals surface area contributed by atoms with E-state index in [1.54, 1.807) is 23.1 Å². The zero-order valence-corrected chi connectivity index (χ0v) is 13.0. The molecule has 0 saturated heterocycles. The maximum absolute atomic E-state index is 6.26. The molecule has 0 bridgehead atoms. The minimum absolute atomic E-state index is 0.0300. The van der Waals surface area contributed by atoms with E-state index >= 15 is 0 Å². The lowest BCUT2D eigenvalue weighted by Gasteiger charge is -2.06. The first-order valence-electron chi connectivity index (χ1n) is 6.80. The lowest BCUT2D eigenvalue weighted by molar-refractivity contribution is 0.914. The Labute approximate surface area is 132 Å². The van der Waals surface area contributed by atoms with E-state index in [-0.39, 0.29) is 11.9 Å². The van der Waals surface area contributed by atoms with Crippen LogP contribution >= 0.6 is 11.6 Å². The van der Waals surface area contributed by atoms with Crippen molar-refractivity contribution < 1.29 is 0 Å². The summed E-state index contributed by atoms with van der Waals surface area (Å²) < 4.78 is 1.70. The van der Waals surface area contributed by atoms with Crippen LogP contribution in [0.4, 0.5) is 5.95 Å². The van der Waals surface area contributed by atoms with Gasteiger partial charge in [-0.15, -0.1) is 5.10 Å². The second-order valence-corrected chi connectivity index (χ2v) is 5.47. The number of halogens is 1. The highest BCUT2D eigenvalue weighted by molar-refractivity contribution is 6.30. The van der Waals surface area contributed by atoms with Crippen LogP contribution in [0.15, 0.2) is 45.8 Å². The van der Waals surface area contributed by atoms with Crippen molar-refractivity contribution in [1.82, 2.24) is 14.6 Å². The SMILES string of the molecule is CC1=N/C=C(/Cl)[C@H](C)/C=C(/c2ccn3nc(N)ncc23)C=N1. The van der Waals surface area contributed by atoms with Crippen LogP contribution in [-0.4, -0.2) is 26.6 Å². The Balaban J connectivity index is 2.15. The van der Waals surface area contributed by atoms with Crippen molar-refractivity contribution in [2.45, 2.75) is 13.8 Å². The summed E-state index contributed by atoms with van der Waals surface area (Å²) in [7, 11) is 0.